The van der Waals surface area contributed by atoms with Crippen LogP contribution in [0.3, 0.4) is 0 Å². The van der Waals surface area contributed by atoms with Crippen LogP contribution >= 0.6 is 0 Å². The van der Waals surface area contributed by atoms with E-state index < -0.39 is 0 Å². The van der Waals surface area contributed by atoms with Crippen LogP contribution in [0.5, 0.6) is 0 Å². The molecule has 0 aromatic heterocycles. The Morgan fingerprint density at radius 1 is 0.526 bits per heavy atom. The first-order chi connectivity index (χ1) is 18.7. The number of fused-ring (bicyclic) bond motifs is 2. The van der Waals surface area contributed by atoms with E-state index in [4.69, 9.17) is 0 Å². The van der Waals surface area contributed by atoms with Gasteiger partial charge in [0.05, 0.1) is 0 Å². The van der Waals surface area contributed by atoms with Crippen molar-refractivity contribution in [3.8, 4) is 0 Å². The molecule has 5 aromatic carbocycles. The molecule has 0 heterocycles. The molecule has 1 atom stereocenters. The largest absolute Gasteiger partial charge is 0.0622 e. The van der Waals surface area contributed by atoms with Crippen molar-refractivity contribution in [2.24, 2.45) is 0 Å². The van der Waals surface area contributed by atoms with Gasteiger partial charge in [0.2, 0.25) is 0 Å². The van der Waals surface area contributed by atoms with Crippen LogP contribution in [0.2, 0.25) is 0 Å². The Labute approximate surface area is 225 Å². The fraction of sp³-hybridized carbons (Fsp3) is 0.105. The standard InChI is InChI=1S/C38H30/c1-25-17-20-29(21-18-25)36-32-22-19-26(2)23-33(32)37(28-13-7-4-8-14-28)38(36)34-24-30-15-9-10-16-31(30)35(34)27-11-5-3-6-12-27/h3-23,37H,24H2,1-2H3. The minimum Gasteiger partial charge on any atom is -0.0622 e. The third-order valence-corrected chi connectivity index (χ3v) is 8.16. The van der Waals surface area contributed by atoms with Gasteiger partial charge >= 0.3 is 0 Å². The first-order valence-corrected chi connectivity index (χ1v) is 13.5. The van der Waals surface area contributed by atoms with Crippen LogP contribution in [0, 0.1) is 13.8 Å². The van der Waals surface area contributed by atoms with Crippen molar-refractivity contribution in [3.63, 3.8) is 0 Å². The Balaban J connectivity index is 1.60. The molecular weight excluding hydrogens is 456 g/mol. The summed E-state index contributed by atoms with van der Waals surface area (Å²) in [5.41, 5.74) is 17.8. The zero-order valence-corrected chi connectivity index (χ0v) is 21.9. The second-order valence-corrected chi connectivity index (χ2v) is 10.6. The van der Waals surface area contributed by atoms with Crippen LogP contribution in [0.25, 0.3) is 11.1 Å². The zero-order valence-electron chi connectivity index (χ0n) is 21.9. The number of rotatable bonds is 4. The van der Waals surface area contributed by atoms with Crippen molar-refractivity contribution in [2.45, 2.75) is 26.2 Å². The van der Waals surface area contributed by atoms with Crippen molar-refractivity contribution in [1.29, 1.82) is 0 Å². The summed E-state index contributed by atoms with van der Waals surface area (Å²) in [6, 6.07) is 47.2. The van der Waals surface area contributed by atoms with Gasteiger partial charge in [-0.25, -0.2) is 0 Å². The summed E-state index contributed by atoms with van der Waals surface area (Å²) in [6.45, 7) is 4.38. The third kappa shape index (κ3) is 3.68. The monoisotopic (exact) mass is 486 g/mol. The molecule has 1 unspecified atom stereocenters. The fourth-order valence-corrected chi connectivity index (χ4v) is 6.47. The van der Waals surface area contributed by atoms with Crippen LogP contribution < -0.4 is 0 Å². The highest BCUT2D eigenvalue weighted by Gasteiger charge is 2.38. The van der Waals surface area contributed by atoms with E-state index in [1.807, 2.05) is 0 Å². The van der Waals surface area contributed by atoms with E-state index in [2.05, 4.69) is 141 Å². The third-order valence-electron chi connectivity index (χ3n) is 8.16. The molecule has 0 bridgehead atoms. The second-order valence-electron chi connectivity index (χ2n) is 10.6. The lowest BCUT2D eigenvalue weighted by atomic mass is 9.81. The van der Waals surface area contributed by atoms with Gasteiger partial charge in [0.25, 0.3) is 0 Å². The molecule has 0 aliphatic heterocycles. The van der Waals surface area contributed by atoms with E-state index in [9.17, 15) is 0 Å². The van der Waals surface area contributed by atoms with Crippen molar-refractivity contribution in [2.75, 3.05) is 0 Å². The lowest BCUT2D eigenvalue weighted by molar-refractivity contribution is 0.966. The van der Waals surface area contributed by atoms with Gasteiger partial charge in [0.1, 0.15) is 0 Å². The summed E-state index contributed by atoms with van der Waals surface area (Å²) < 4.78 is 0. The van der Waals surface area contributed by atoms with Gasteiger partial charge in [-0.15, -0.1) is 0 Å². The lowest BCUT2D eigenvalue weighted by Gasteiger charge is -2.21. The first-order valence-electron chi connectivity index (χ1n) is 13.5. The maximum atomic E-state index is 2.42. The molecule has 0 radical (unpaired) electrons. The van der Waals surface area contributed by atoms with E-state index in [0.29, 0.717) is 0 Å². The molecule has 38 heavy (non-hydrogen) atoms. The van der Waals surface area contributed by atoms with Crippen LogP contribution in [0.1, 0.15) is 56.0 Å². The quantitative estimate of drug-likeness (QED) is 0.237. The smallest absolute Gasteiger partial charge is 0.0355 e. The number of benzene rings is 5. The van der Waals surface area contributed by atoms with Gasteiger partial charge in [0.15, 0.2) is 0 Å². The average Bonchev–Trinajstić information content (AvgIpc) is 3.50. The lowest BCUT2D eigenvalue weighted by Crippen LogP contribution is -2.06. The Morgan fingerprint density at radius 3 is 1.92 bits per heavy atom. The summed E-state index contributed by atoms with van der Waals surface area (Å²) >= 11 is 0. The number of allylic oxidation sites excluding steroid dienone is 2. The minimum atomic E-state index is 0.186. The molecule has 7 rings (SSSR count). The topological polar surface area (TPSA) is 0 Å². The van der Waals surface area contributed by atoms with E-state index in [1.54, 1.807) is 0 Å². The second kappa shape index (κ2) is 9.15. The van der Waals surface area contributed by atoms with Crippen molar-refractivity contribution in [1.82, 2.24) is 0 Å². The number of hydrogen-bond donors (Lipinski definition) is 0. The summed E-state index contributed by atoms with van der Waals surface area (Å²) in [5, 5.41) is 0. The molecule has 182 valence electrons. The highest BCUT2D eigenvalue weighted by molar-refractivity contribution is 5.99. The van der Waals surface area contributed by atoms with Gasteiger partial charge in [-0.05, 0) is 81.5 Å². The Hall–Kier alpha value is -4.42. The molecule has 2 aliphatic carbocycles. The highest BCUT2D eigenvalue weighted by Crippen LogP contribution is 2.55. The van der Waals surface area contributed by atoms with Gasteiger partial charge in [0, 0.05) is 5.92 Å². The highest BCUT2D eigenvalue weighted by atomic mass is 14.4. The number of hydrogen-bond acceptors (Lipinski definition) is 0. The molecule has 5 aromatic rings. The van der Waals surface area contributed by atoms with Crippen LogP contribution in [-0.2, 0) is 6.42 Å². The molecule has 0 nitrogen and oxygen atoms in total. The van der Waals surface area contributed by atoms with E-state index in [0.717, 1.165) is 6.42 Å². The Kier molecular flexibility index (Phi) is 5.48. The van der Waals surface area contributed by atoms with Crippen LogP contribution in [0.15, 0.2) is 139 Å². The van der Waals surface area contributed by atoms with Gasteiger partial charge < -0.3 is 0 Å². The maximum Gasteiger partial charge on any atom is 0.0355 e. The summed E-state index contributed by atoms with van der Waals surface area (Å²) in [5.74, 6) is 0.186. The fourth-order valence-electron chi connectivity index (χ4n) is 6.47. The normalized spacial score (nSPS) is 16.1. The molecule has 0 amide bonds. The predicted molar refractivity (Wildman–Crippen MR) is 159 cm³/mol. The van der Waals surface area contributed by atoms with E-state index in [-0.39, 0.29) is 5.92 Å². The molecular formula is C38H30. The summed E-state index contributed by atoms with van der Waals surface area (Å²) in [4.78, 5) is 0. The van der Waals surface area contributed by atoms with Crippen LogP contribution in [-0.4, -0.2) is 0 Å². The SMILES string of the molecule is Cc1ccc(C2=C(C3=C(c4ccccc4)c4ccccc4C3)C(c3ccccc3)c3cc(C)ccc32)cc1. The molecule has 0 spiro atoms. The molecule has 0 fully saturated rings. The van der Waals surface area contributed by atoms with Crippen molar-refractivity contribution in [3.05, 3.63) is 189 Å². The zero-order chi connectivity index (χ0) is 25.6. The van der Waals surface area contributed by atoms with Crippen molar-refractivity contribution < 1.29 is 0 Å². The Morgan fingerprint density at radius 2 is 1.16 bits per heavy atom. The molecule has 0 heteroatoms. The first kappa shape index (κ1) is 22.8. The van der Waals surface area contributed by atoms with E-state index in [1.165, 1.54) is 72.4 Å². The summed E-state index contributed by atoms with van der Waals surface area (Å²) in [6.07, 6.45) is 0.946. The maximum absolute atomic E-state index is 2.42. The van der Waals surface area contributed by atoms with E-state index >= 15 is 0 Å². The summed E-state index contributed by atoms with van der Waals surface area (Å²) in [7, 11) is 0. The average molecular weight is 487 g/mol. The van der Waals surface area contributed by atoms with Gasteiger partial charge in [-0.3, -0.25) is 0 Å². The Bertz CT molecular complexity index is 1710. The number of aryl methyl sites for hydroxylation is 2. The molecule has 0 saturated carbocycles. The van der Waals surface area contributed by atoms with Crippen LogP contribution in [0.4, 0.5) is 0 Å². The minimum absolute atomic E-state index is 0.186. The molecule has 2 aliphatic rings. The predicted octanol–water partition coefficient (Wildman–Crippen LogP) is 9.31. The van der Waals surface area contributed by atoms with Crippen molar-refractivity contribution >= 4 is 11.1 Å². The molecule has 0 saturated heterocycles. The van der Waals surface area contributed by atoms with Gasteiger partial charge in [-0.2, -0.15) is 0 Å². The molecule has 0 N–H and O–H groups in total. The van der Waals surface area contributed by atoms with Gasteiger partial charge in [-0.1, -0.05) is 139 Å².